The van der Waals surface area contributed by atoms with E-state index >= 15 is 0 Å². The molecule has 8 N–H and O–H groups in total. The summed E-state index contributed by atoms with van der Waals surface area (Å²) in [6.45, 7) is 0. The molecule has 0 aromatic carbocycles. The third-order valence-electron chi connectivity index (χ3n) is 0. The van der Waals surface area contributed by atoms with Crippen molar-refractivity contribution < 1.29 is 64.7 Å². The van der Waals surface area contributed by atoms with E-state index in [-0.39, 0.29) is 59.6 Å². The first-order valence-corrected chi connectivity index (χ1v) is 0.548. The van der Waals surface area contributed by atoms with Gasteiger partial charge in [0.2, 0.25) is 0 Å². The van der Waals surface area contributed by atoms with E-state index in [4.69, 9.17) is 15.3 Å². The zero-order valence-electron chi connectivity index (χ0n) is 3.97. The first kappa shape index (κ1) is 58.8. The molecule has 0 bridgehead atoms. The molecule has 9 heavy (non-hydrogen) atoms. The normalized spacial score (nSPS) is 2.67. The molecule has 0 saturated carbocycles. The van der Waals surface area contributed by atoms with Gasteiger partial charge in [0.15, 0.2) is 0 Å². The van der Waals surface area contributed by atoms with Crippen molar-refractivity contribution in [2.75, 3.05) is 0 Å². The van der Waals surface area contributed by atoms with Gasteiger partial charge in [0.1, 0.15) is 0 Å². The maximum atomic E-state index is 8.25. The summed E-state index contributed by atoms with van der Waals surface area (Å²) in [6.07, 6.45) is 0. The van der Waals surface area contributed by atoms with Gasteiger partial charge < -0.3 is 37.2 Å². The van der Waals surface area contributed by atoms with Gasteiger partial charge in [-0.3, -0.25) is 0 Å². The van der Waals surface area contributed by atoms with E-state index < -0.39 is 5.09 Å². The summed E-state index contributed by atoms with van der Waals surface area (Å²) in [7, 11) is 0. The Morgan fingerprint density at radius 2 is 0.889 bits per heavy atom. The van der Waals surface area contributed by atoms with Crippen molar-refractivity contribution in [3.8, 4) is 0 Å². The molecule has 0 saturated heterocycles. The minimum absolute atomic E-state index is 0. The smallest absolute Gasteiger partial charge is 0.412 e. The molecule has 0 aliphatic carbocycles. The average molecular weight is 299 g/mol. The Morgan fingerprint density at radius 1 is 0.889 bits per heavy atom. The maximum Gasteiger partial charge on any atom is 3.00 e. The van der Waals surface area contributed by atoms with E-state index in [0.717, 1.165) is 0 Å². The fourth-order valence-electron chi connectivity index (χ4n) is 0. The summed E-state index contributed by atoms with van der Waals surface area (Å²) in [5.74, 6) is 0. The molecule has 0 unspecified atom stereocenters. The average Bonchev–Trinajstić information content (AvgIpc) is 0.811. The summed E-state index contributed by atoms with van der Waals surface area (Å²) in [5, 5.41) is 14.8. The number of rotatable bonds is 0. The van der Waals surface area contributed by atoms with E-state index in [1.807, 2.05) is 0 Å². The second-order valence-electron chi connectivity index (χ2n) is 0.224. The molecular weight excluding hydrogens is 291 g/mol. The van der Waals surface area contributed by atoms with Crippen molar-refractivity contribution in [3.63, 3.8) is 0 Å². The molecule has 0 fully saturated rings. The van der Waals surface area contributed by atoms with Crippen LogP contribution in [0.3, 0.4) is 0 Å². The van der Waals surface area contributed by atoms with Gasteiger partial charge in [0, 0.05) is 0 Å². The Kier molecular flexibility index (Phi) is 266. The molecule has 0 spiro atoms. The largest absolute Gasteiger partial charge is 3.00 e. The first-order chi connectivity index (χ1) is 1.73. The van der Waals surface area contributed by atoms with Crippen LogP contribution in [0, 0.1) is 53.1 Å². The van der Waals surface area contributed by atoms with Gasteiger partial charge in [-0.25, -0.2) is 0 Å². The van der Waals surface area contributed by atoms with Crippen LogP contribution in [0.5, 0.6) is 0 Å². The molecule has 0 aromatic rings. The third-order valence-corrected chi connectivity index (χ3v) is 0. The Labute approximate surface area is 79.8 Å². The van der Waals surface area contributed by atoms with Crippen LogP contribution < -0.4 is 0 Å². The molecule has 64 valence electrons. The second-order valence-corrected chi connectivity index (χ2v) is 0.224. The van der Waals surface area contributed by atoms with Gasteiger partial charge in [-0.1, -0.05) is 0 Å². The van der Waals surface area contributed by atoms with Gasteiger partial charge in [-0.15, -0.1) is 0 Å². The molecule has 0 rings (SSSR count). The quantitative estimate of drug-likeness (QED) is 0.254. The molecule has 0 amide bonds. The van der Waals surface area contributed by atoms with Crippen LogP contribution in [0.4, 0.5) is 0 Å². The zero-order chi connectivity index (χ0) is 3.58. The van der Waals surface area contributed by atoms with Gasteiger partial charge in [-0.2, -0.15) is 0 Å². The molecule has 0 aliphatic heterocycles. The third kappa shape index (κ3) is 3670. The second kappa shape index (κ2) is 40.6. The first-order valence-electron chi connectivity index (χ1n) is 0.548. The molecule has 0 atom stereocenters. The van der Waals surface area contributed by atoms with Gasteiger partial charge in [-0.05, 0) is 0 Å². The Hall–Kier alpha value is 0.300. The van der Waals surface area contributed by atoms with E-state index in [1.165, 1.54) is 0 Å². The fraction of sp³-hybridized carbons (Fsp3) is 0. The van der Waals surface area contributed by atoms with Crippen molar-refractivity contribution in [3.05, 3.63) is 15.3 Å². The number of nitrogens with zero attached hydrogens (tertiary/aromatic N) is 1. The standard InChI is InChI=1S/Ho.NO3.4H2O/c;2-1(3)4;;;;/h;;4*1H2/q+3;-1;;;;. The summed E-state index contributed by atoms with van der Waals surface area (Å²) in [6, 6.07) is 0. The SMILES string of the molecule is O.O.O.O.O=[N+]([O-])[O-].[Ho+3]. The molecule has 0 heterocycles. The van der Waals surface area contributed by atoms with Crippen LogP contribution in [-0.4, -0.2) is 27.0 Å². The molecule has 9 heteroatoms. The fourth-order valence-corrected chi connectivity index (χ4v) is 0. The van der Waals surface area contributed by atoms with Gasteiger partial charge >= 0.3 is 37.7 Å². The molecule has 0 aliphatic rings. The number of hydrogen-bond donors (Lipinski definition) is 0. The van der Waals surface area contributed by atoms with Gasteiger partial charge in [0.25, 0.3) is 0 Å². The molecule has 8 nitrogen and oxygen atoms in total. The van der Waals surface area contributed by atoms with Crippen molar-refractivity contribution in [2.45, 2.75) is 0 Å². The van der Waals surface area contributed by atoms with Crippen LogP contribution in [0.2, 0.25) is 0 Å². The zero-order valence-corrected chi connectivity index (χ0v) is 5.91. The Morgan fingerprint density at radius 3 is 0.889 bits per heavy atom. The molecular formula is H8HoNO7+2. The van der Waals surface area contributed by atoms with Crippen LogP contribution in [0.1, 0.15) is 0 Å². The van der Waals surface area contributed by atoms with E-state index in [2.05, 4.69) is 0 Å². The van der Waals surface area contributed by atoms with Crippen LogP contribution in [0.25, 0.3) is 0 Å². The topological polar surface area (TPSA) is 192 Å². The predicted molar refractivity (Wildman–Crippen MR) is 24.8 cm³/mol. The van der Waals surface area contributed by atoms with Crippen molar-refractivity contribution in [2.24, 2.45) is 0 Å². The molecule has 0 aromatic heterocycles. The predicted octanol–water partition coefficient (Wildman–Crippen LogP) is -3.54. The Balaban J connectivity index is -0.00000000450. The van der Waals surface area contributed by atoms with Crippen molar-refractivity contribution in [1.82, 2.24) is 0 Å². The van der Waals surface area contributed by atoms with Gasteiger partial charge in [0.05, 0.1) is 5.09 Å². The summed E-state index contributed by atoms with van der Waals surface area (Å²) >= 11 is 0. The van der Waals surface area contributed by atoms with Crippen LogP contribution in [0.15, 0.2) is 0 Å². The summed E-state index contributed by atoms with van der Waals surface area (Å²) < 4.78 is 0. The van der Waals surface area contributed by atoms with Crippen molar-refractivity contribution >= 4 is 0 Å². The van der Waals surface area contributed by atoms with E-state index in [1.54, 1.807) is 0 Å². The minimum Gasteiger partial charge on any atom is -0.412 e. The summed E-state index contributed by atoms with van der Waals surface area (Å²) in [5.41, 5.74) is 0. The monoisotopic (exact) mass is 299 g/mol. The van der Waals surface area contributed by atoms with E-state index in [9.17, 15) is 0 Å². The van der Waals surface area contributed by atoms with E-state index in [0.29, 0.717) is 0 Å². The molecule has 0 radical (unpaired) electrons. The minimum atomic E-state index is -1.75. The van der Waals surface area contributed by atoms with Crippen LogP contribution in [-0.2, 0) is 0 Å². The van der Waals surface area contributed by atoms with Crippen molar-refractivity contribution in [1.29, 1.82) is 0 Å². The summed E-state index contributed by atoms with van der Waals surface area (Å²) in [4.78, 5) is 8.25. The Bertz CT molecular complexity index is 31.9. The number of hydrogen-bond acceptors (Lipinski definition) is 3. The van der Waals surface area contributed by atoms with Crippen LogP contribution >= 0.6 is 0 Å². The maximum absolute atomic E-state index is 8.25.